The van der Waals surface area contributed by atoms with Crippen LogP contribution < -0.4 is 0 Å². The molecule has 0 N–H and O–H groups in total. The molecule has 0 aliphatic carbocycles. The number of esters is 1. The van der Waals surface area contributed by atoms with E-state index in [1.807, 2.05) is 35.7 Å². The molecule has 146 valence electrons. The van der Waals surface area contributed by atoms with E-state index in [0.29, 0.717) is 11.7 Å². The summed E-state index contributed by atoms with van der Waals surface area (Å²) in [5.74, 6) is 2.48. The third-order valence-corrected chi connectivity index (χ3v) is 6.67. The third kappa shape index (κ3) is 9.92. The quantitative estimate of drug-likeness (QED) is 0.287. The first-order chi connectivity index (χ1) is 14.0. The van der Waals surface area contributed by atoms with Crippen LogP contribution in [-0.2, 0) is 21.0 Å². The van der Waals surface area contributed by atoms with Crippen LogP contribution >= 0.6 is 23.5 Å². The lowest BCUT2D eigenvalue weighted by molar-refractivity contribution is -0.140. The van der Waals surface area contributed by atoms with E-state index in [2.05, 4.69) is 53.3 Å². The zero-order valence-corrected chi connectivity index (χ0v) is 17.6. The van der Waals surface area contributed by atoms with Crippen LogP contribution in [0.15, 0.2) is 60.7 Å². The number of rotatable bonds is 13. The number of methoxy groups -OCH3 is 1. The van der Waals surface area contributed by atoms with E-state index >= 15 is 0 Å². The van der Waals surface area contributed by atoms with Gasteiger partial charge in [-0.3, -0.25) is 4.79 Å². The molecule has 0 fully saturated rings. The largest absolute Gasteiger partial charge is 0.469 e. The minimum atomic E-state index is -1.52. The maximum absolute atomic E-state index is 11.5. The van der Waals surface area contributed by atoms with Crippen molar-refractivity contribution in [1.29, 1.82) is 0 Å². The summed E-state index contributed by atoms with van der Waals surface area (Å²) in [4.78, 5) is 11.5. The van der Waals surface area contributed by atoms with E-state index in [0.717, 1.165) is 30.1 Å². The van der Waals surface area contributed by atoms with E-state index in [1.165, 1.54) is 18.2 Å². The highest BCUT2D eigenvalue weighted by molar-refractivity contribution is 7.99. The van der Waals surface area contributed by atoms with E-state index < -0.39 is 12.3 Å². The van der Waals surface area contributed by atoms with Crippen molar-refractivity contribution in [3.8, 4) is 0 Å². The van der Waals surface area contributed by atoms with Gasteiger partial charge in [-0.15, -0.1) is 0 Å². The van der Waals surface area contributed by atoms with Gasteiger partial charge in [0, 0.05) is 25.9 Å². The van der Waals surface area contributed by atoms with Gasteiger partial charge in [0.15, 0.2) is 0 Å². The Balaban J connectivity index is 1.83. The lowest BCUT2D eigenvalue weighted by atomic mass is 10.1. The fourth-order valence-electron chi connectivity index (χ4n) is 2.60. The monoisotopic (exact) mass is 404 g/mol. The maximum Gasteiger partial charge on any atom is 0.305 e. The second-order valence-electron chi connectivity index (χ2n) is 6.29. The Labute approximate surface area is 175 Å². The van der Waals surface area contributed by atoms with Crippen molar-refractivity contribution in [2.45, 2.75) is 48.8 Å². The predicted octanol–water partition coefficient (Wildman–Crippen LogP) is 6.35. The SMILES string of the molecule is [2H]C([2H])(CCC(CCSCc1ccccc1)SCc1ccccc1)CC(=O)OC. The second-order valence-corrected chi connectivity index (χ2v) is 8.68. The maximum atomic E-state index is 11.5. The molecule has 4 heteroatoms. The van der Waals surface area contributed by atoms with E-state index in [9.17, 15) is 4.79 Å². The van der Waals surface area contributed by atoms with Gasteiger partial charge in [0.25, 0.3) is 0 Å². The first-order valence-electron chi connectivity index (χ1n) is 10.3. The Kier molecular flexibility index (Phi) is 9.64. The Morgan fingerprint density at radius 3 is 2.26 bits per heavy atom. The average molecular weight is 405 g/mol. The van der Waals surface area contributed by atoms with Crippen LogP contribution in [0.2, 0.25) is 0 Å². The number of carbonyl (C=O) groups is 1. The number of benzene rings is 2. The van der Waals surface area contributed by atoms with Crippen molar-refractivity contribution >= 4 is 29.5 Å². The van der Waals surface area contributed by atoms with Gasteiger partial charge in [-0.05, 0) is 36.1 Å². The van der Waals surface area contributed by atoms with E-state index in [4.69, 9.17) is 2.74 Å². The first kappa shape index (κ1) is 18.9. The summed E-state index contributed by atoms with van der Waals surface area (Å²) in [6.45, 7) is 0. The van der Waals surface area contributed by atoms with Crippen LogP contribution in [0.5, 0.6) is 0 Å². The Bertz CT molecular complexity index is 711. The molecule has 2 nitrogen and oxygen atoms in total. The van der Waals surface area contributed by atoms with Gasteiger partial charge in [-0.2, -0.15) is 23.5 Å². The third-order valence-electron chi connectivity index (χ3n) is 4.16. The minimum absolute atomic E-state index is 0.178. The molecule has 0 saturated carbocycles. The predicted molar refractivity (Wildman–Crippen MR) is 119 cm³/mol. The molecule has 2 aromatic rings. The van der Waals surface area contributed by atoms with Gasteiger partial charge < -0.3 is 4.74 Å². The van der Waals surface area contributed by atoms with Crippen LogP contribution in [0.1, 0.15) is 45.9 Å². The summed E-state index contributed by atoms with van der Waals surface area (Å²) < 4.78 is 20.9. The number of hydrogen-bond donors (Lipinski definition) is 0. The average Bonchev–Trinajstić information content (AvgIpc) is 2.73. The molecule has 0 aliphatic heterocycles. The fraction of sp³-hybridized carbons (Fsp3) is 0.435. The number of thioether (sulfide) groups is 2. The van der Waals surface area contributed by atoms with Crippen LogP contribution in [0.25, 0.3) is 0 Å². The van der Waals surface area contributed by atoms with Gasteiger partial charge >= 0.3 is 5.97 Å². The summed E-state index contributed by atoms with van der Waals surface area (Å²) in [5.41, 5.74) is 2.62. The molecule has 0 radical (unpaired) electrons. The van der Waals surface area contributed by atoms with Gasteiger partial charge in [0.05, 0.1) is 7.11 Å². The highest BCUT2D eigenvalue weighted by atomic mass is 32.2. The van der Waals surface area contributed by atoms with Crippen LogP contribution in [0, 0.1) is 0 Å². The molecule has 0 saturated heterocycles. The second kappa shape index (κ2) is 13.7. The molecule has 1 atom stereocenters. The summed E-state index contributed by atoms with van der Waals surface area (Å²) >= 11 is 3.81. The molecule has 0 aliphatic rings. The van der Waals surface area contributed by atoms with Gasteiger partial charge in [0.1, 0.15) is 0 Å². The van der Waals surface area contributed by atoms with E-state index in [-0.39, 0.29) is 6.42 Å². The smallest absolute Gasteiger partial charge is 0.305 e. The van der Waals surface area contributed by atoms with Gasteiger partial charge in [-0.25, -0.2) is 0 Å². The van der Waals surface area contributed by atoms with Crippen molar-refractivity contribution in [2.24, 2.45) is 0 Å². The molecule has 0 spiro atoms. The Morgan fingerprint density at radius 1 is 1.00 bits per heavy atom. The molecular weight excluding hydrogens is 372 g/mol. The highest BCUT2D eigenvalue weighted by Gasteiger charge is 2.11. The highest BCUT2D eigenvalue weighted by Crippen LogP contribution is 2.27. The Morgan fingerprint density at radius 2 is 1.63 bits per heavy atom. The lowest BCUT2D eigenvalue weighted by Crippen LogP contribution is -2.06. The number of ether oxygens (including phenoxy) is 1. The molecule has 0 aromatic heterocycles. The van der Waals surface area contributed by atoms with Gasteiger partial charge in [0.2, 0.25) is 0 Å². The molecule has 0 amide bonds. The molecule has 27 heavy (non-hydrogen) atoms. The Hall–Kier alpha value is -1.39. The fourth-order valence-corrected chi connectivity index (χ4v) is 4.97. The molecule has 1 unspecified atom stereocenters. The van der Waals surface area contributed by atoms with Crippen molar-refractivity contribution in [3.63, 3.8) is 0 Å². The van der Waals surface area contributed by atoms with Crippen LogP contribution in [0.4, 0.5) is 0 Å². The normalized spacial score (nSPS) is 13.5. The summed E-state index contributed by atoms with van der Waals surface area (Å²) in [7, 11) is 1.31. The van der Waals surface area contributed by atoms with Crippen molar-refractivity contribution < 1.29 is 12.3 Å². The van der Waals surface area contributed by atoms with E-state index in [1.54, 1.807) is 0 Å². The summed E-state index contributed by atoms with van der Waals surface area (Å²) in [5, 5.41) is 0.367. The lowest BCUT2D eigenvalue weighted by Gasteiger charge is -2.16. The van der Waals surface area contributed by atoms with Crippen molar-refractivity contribution in [2.75, 3.05) is 12.9 Å². The zero-order chi connectivity index (χ0) is 21.0. The van der Waals surface area contributed by atoms with Crippen LogP contribution in [-0.4, -0.2) is 24.1 Å². The zero-order valence-electron chi connectivity index (χ0n) is 17.9. The molecule has 0 bridgehead atoms. The summed E-state index contributed by atoms with van der Waals surface area (Å²) in [6, 6.07) is 20.8. The number of carbonyl (C=O) groups excluding carboxylic acids is 1. The van der Waals surface area contributed by atoms with Crippen LogP contribution in [0.3, 0.4) is 0 Å². The standard InChI is InChI=1S/C23H30O2S2/c1-25-23(24)15-9-8-14-22(27-19-21-12-6-3-7-13-21)16-17-26-18-20-10-4-2-5-11-20/h2-7,10-13,22H,8-9,14-19H2,1H3/i9D2. The first-order valence-corrected chi connectivity index (χ1v) is 11.5. The van der Waals surface area contributed by atoms with Crippen molar-refractivity contribution in [3.05, 3.63) is 71.8 Å². The van der Waals surface area contributed by atoms with Gasteiger partial charge in [-0.1, -0.05) is 67.1 Å². The molecule has 0 heterocycles. The topological polar surface area (TPSA) is 26.3 Å². The molecule has 2 rings (SSSR count). The molecule has 2 aromatic carbocycles. The summed E-state index contributed by atoms with van der Waals surface area (Å²) in [6.07, 6.45) is 0.465. The minimum Gasteiger partial charge on any atom is -0.469 e. The molecular formula is C23H30O2S2. The van der Waals surface area contributed by atoms with Crippen molar-refractivity contribution in [1.82, 2.24) is 0 Å². The number of hydrogen-bond acceptors (Lipinski definition) is 4.